The lowest BCUT2D eigenvalue weighted by atomic mass is 9.99. The number of hydrogen-bond acceptors (Lipinski definition) is 3. The minimum atomic E-state index is -0.0984. The van der Waals surface area contributed by atoms with Crippen LogP contribution in [0.5, 0.6) is 5.75 Å². The van der Waals surface area contributed by atoms with E-state index in [9.17, 15) is 9.59 Å². The SMILES string of the molecule is CC1CCCN(C(=O)c2cccc3c2OCC(=O)N3C)C1. The number of para-hydroxylation sites is 1. The Balaban J connectivity index is 1.92. The van der Waals surface area contributed by atoms with Crippen molar-refractivity contribution in [3.63, 3.8) is 0 Å². The van der Waals surface area contributed by atoms with Crippen molar-refractivity contribution in [2.45, 2.75) is 19.8 Å². The molecule has 0 bridgehead atoms. The van der Waals surface area contributed by atoms with Crippen molar-refractivity contribution in [1.29, 1.82) is 0 Å². The molecule has 2 heterocycles. The number of likely N-dealkylation sites (N-methyl/N-ethyl adjacent to an activating group) is 1. The Hall–Kier alpha value is -2.04. The van der Waals surface area contributed by atoms with Gasteiger partial charge in [-0.25, -0.2) is 0 Å². The fourth-order valence-corrected chi connectivity index (χ4v) is 3.02. The summed E-state index contributed by atoms with van der Waals surface area (Å²) < 4.78 is 5.54. The highest BCUT2D eigenvalue weighted by molar-refractivity contribution is 6.04. The number of fused-ring (bicyclic) bond motifs is 1. The molecule has 21 heavy (non-hydrogen) atoms. The van der Waals surface area contributed by atoms with Crippen LogP contribution in [0.1, 0.15) is 30.1 Å². The lowest BCUT2D eigenvalue weighted by molar-refractivity contribution is -0.121. The summed E-state index contributed by atoms with van der Waals surface area (Å²) in [6.07, 6.45) is 2.21. The Labute approximate surface area is 124 Å². The topological polar surface area (TPSA) is 49.9 Å². The van der Waals surface area contributed by atoms with Gasteiger partial charge in [0.05, 0.1) is 11.3 Å². The van der Waals surface area contributed by atoms with Crippen LogP contribution in [0.2, 0.25) is 0 Å². The van der Waals surface area contributed by atoms with Crippen LogP contribution < -0.4 is 9.64 Å². The molecule has 1 fully saturated rings. The summed E-state index contributed by atoms with van der Waals surface area (Å²) in [5, 5.41) is 0. The van der Waals surface area contributed by atoms with Crippen LogP contribution in [0.25, 0.3) is 0 Å². The number of ether oxygens (including phenoxy) is 1. The number of piperidine rings is 1. The molecule has 1 unspecified atom stereocenters. The molecule has 1 saturated heterocycles. The number of benzene rings is 1. The van der Waals surface area contributed by atoms with Crippen LogP contribution in [0.15, 0.2) is 18.2 Å². The van der Waals surface area contributed by atoms with Gasteiger partial charge in [-0.1, -0.05) is 13.0 Å². The Morgan fingerprint density at radius 1 is 1.38 bits per heavy atom. The molecular formula is C16H20N2O3. The molecule has 2 aliphatic rings. The lowest BCUT2D eigenvalue weighted by Crippen LogP contribution is -2.40. The van der Waals surface area contributed by atoms with Crippen molar-refractivity contribution in [3.05, 3.63) is 23.8 Å². The van der Waals surface area contributed by atoms with Crippen molar-refractivity contribution >= 4 is 17.5 Å². The third-order valence-electron chi connectivity index (χ3n) is 4.24. The van der Waals surface area contributed by atoms with Gasteiger partial charge in [0.2, 0.25) is 0 Å². The average molecular weight is 288 g/mol. The monoisotopic (exact) mass is 288 g/mol. The molecule has 0 radical (unpaired) electrons. The highest BCUT2D eigenvalue weighted by Crippen LogP contribution is 2.35. The Kier molecular flexibility index (Phi) is 3.57. The summed E-state index contributed by atoms with van der Waals surface area (Å²) in [6.45, 7) is 3.74. The molecule has 0 N–H and O–H groups in total. The first-order chi connectivity index (χ1) is 10.1. The van der Waals surface area contributed by atoms with E-state index in [1.807, 2.05) is 11.0 Å². The Bertz CT molecular complexity index is 585. The van der Waals surface area contributed by atoms with Crippen LogP contribution in [0.3, 0.4) is 0 Å². The number of carbonyl (C=O) groups excluding carboxylic acids is 2. The minimum Gasteiger partial charge on any atom is -0.481 e. The van der Waals surface area contributed by atoms with Crippen LogP contribution >= 0.6 is 0 Å². The third kappa shape index (κ3) is 2.48. The molecule has 0 aromatic heterocycles. The second-order valence-corrected chi connectivity index (χ2v) is 5.89. The van der Waals surface area contributed by atoms with Crippen LogP contribution in [0.4, 0.5) is 5.69 Å². The van der Waals surface area contributed by atoms with E-state index in [4.69, 9.17) is 4.74 Å². The first-order valence-corrected chi connectivity index (χ1v) is 7.39. The van der Waals surface area contributed by atoms with Gasteiger partial charge in [-0.05, 0) is 30.9 Å². The van der Waals surface area contributed by atoms with Crippen molar-refractivity contribution in [3.8, 4) is 5.75 Å². The highest BCUT2D eigenvalue weighted by Gasteiger charge is 2.29. The molecule has 5 heteroatoms. The molecular weight excluding hydrogens is 268 g/mol. The molecule has 3 rings (SSSR count). The molecule has 112 valence electrons. The van der Waals surface area contributed by atoms with Crippen molar-refractivity contribution in [2.24, 2.45) is 5.92 Å². The predicted octanol–water partition coefficient (Wildman–Crippen LogP) is 1.91. The van der Waals surface area contributed by atoms with Crippen molar-refractivity contribution in [1.82, 2.24) is 4.90 Å². The second-order valence-electron chi connectivity index (χ2n) is 5.89. The van der Waals surface area contributed by atoms with Gasteiger partial charge in [-0.2, -0.15) is 0 Å². The molecule has 1 atom stereocenters. The number of hydrogen-bond donors (Lipinski definition) is 0. The molecule has 1 aromatic rings. The summed E-state index contributed by atoms with van der Waals surface area (Å²) in [5.41, 5.74) is 1.23. The zero-order valence-electron chi connectivity index (χ0n) is 12.5. The van der Waals surface area contributed by atoms with Gasteiger partial charge in [-0.15, -0.1) is 0 Å². The summed E-state index contributed by atoms with van der Waals surface area (Å²) in [7, 11) is 1.71. The molecule has 2 amide bonds. The van der Waals surface area contributed by atoms with E-state index in [2.05, 4.69) is 6.92 Å². The van der Waals surface area contributed by atoms with E-state index in [0.29, 0.717) is 22.9 Å². The zero-order chi connectivity index (χ0) is 15.0. The first-order valence-electron chi connectivity index (χ1n) is 7.39. The number of rotatable bonds is 1. The zero-order valence-corrected chi connectivity index (χ0v) is 12.5. The largest absolute Gasteiger partial charge is 0.481 e. The fourth-order valence-electron chi connectivity index (χ4n) is 3.02. The molecule has 1 aromatic carbocycles. The average Bonchev–Trinajstić information content (AvgIpc) is 2.50. The van der Waals surface area contributed by atoms with E-state index in [1.165, 1.54) is 6.42 Å². The lowest BCUT2D eigenvalue weighted by Gasteiger charge is -2.33. The maximum absolute atomic E-state index is 12.7. The van der Waals surface area contributed by atoms with Gasteiger partial charge in [0.1, 0.15) is 0 Å². The number of amides is 2. The number of anilines is 1. The number of carbonyl (C=O) groups is 2. The smallest absolute Gasteiger partial charge is 0.264 e. The fraction of sp³-hybridized carbons (Fsp3) is 0.500. The Morgan fingerprint density at radius 2 is 2.19 bits per heavy atom. The van der Waals surface area contributed by atoms with Gasteiger partial charge in [0.15, 0.2) is 12.4 Å². The minimum absolute atomic E-state index is 0.00106. The van der Waals surface area contributed by atoms with Crippen LogP contribution in [-0.2, 0) is 4.79 Å². The maximum atomic E-state index is 12.7. The quantitative estimate of drug-likeness (QED) is 0.793. The van der Waals surface area contributed by atoms with E-state index in [-0.39, 0.29) is 18.4 Å². The van der Waals surface area contributed by atoms with E-state index >= 15 is 0 Å². The number of likely N-dealkylation sites (tertiary alicyclic amines) is 1. The summed E-state index contributed by atoms with van der Waals surface area (Å²) >= 11 is 0. The van der Waals surface area contributed by atoms with Gasteiger partial charge in [0.25, 0.3) is 11.8 Å². The predicted molar refractivity (Wildman–Crippen MR) is 79.6 cm³/mol. The molecule has 0 aliphatic carbocycles. The Morgan fingerprint density at radius 3 is 2.95 bits per heavy atom. The summed E-state index contributed by atoms with van der Waals surface area (Å²) in [4.78, 5) is 27.9. The summed E-state index contributed by atoms with van der Waals surface area (Å²) in [5.74, 6) is 0.968. The van der Waals surface area contributed by atoms with Gasteiger partial charge in [0, 0.05) is 20.1 Å². The van der Waals surface area contributed by atoms with Crippen molar-refractivity contribution in [2.75, 3.05) is 31.6 Å². The van der Waals surface area contributed by atoms with Gasteiger partial charge in [-0.3, -0.25) is 9.59 Å². The van der Waals surface area contributed by atoms with Crippen molar-refractivity contribution < 1.29 is 14.3 Å². The number of nitrogens with zero attached hydrogens (tertiary/aromatic N) is 2. The molecule has 5 nitrogen and oxygen atoms in total. The van der Waals surface area contributed by atoms with E-state index in [1.54, 1.807) is 24.1 Å². The van der Waals surface area contributed by atoms with E-state index in [0.717, 1.165) is 19.5 Å². The molecule has 2 aliphatic heterocycles. The van der Waals surface area contributed by atoms with Crippen LogP contribution in [0, 0.1) is 5.92 Å². The maximum Gasteiger partial charge on any atom is 0.264 e. The highest BCUT2D eigenvalue weighted by atomic mass is 16.5. The molecule has 0 saturated carbocycles. The second kappa shape index (κ2) is 5.39. The standard InChI is InChI=1S/C16H20N2O3/c1-11-5-4-8-18(9-11)16(20)12-6-3-7-13-15(12)21-10-14(19)17(13)2/h3,6-7,11H,4-5,8-10H2,1-2H3. The first kappa shape index (κ1) is 13.9. The summed E-state index contributed by atoms with van der Waals surface area (Å²) in [6, 6.07) is 5.39. The third-order valence-corrected chi connectivity index (χ3v) is 4.24. The van der Waals surface area contributed by atoms with Gasteiger partial charge >= 0.3 is 0 Å². The van der Waals surface area contributed by atoms with Gasteiger partial charge < -0.3 is 14.5 Å². The van der Waals surface area contributed by atoms with Crippen LogP contribution in [-0.4, -0.2) is 43.5 Å². The van der Waals surface area contributed by atoms with E-state index < -0.39 is 0 Å². The molecule has 0 spiro atoms. The normalized spacial score (nSPS) is 21.8.